The Morgan fingerprint density at radius 3 is 2.28 bits per heavy atom. The lowest BCUT2D eigenvalue weighted by Gasteiger charge is -2.35. The molecule has 1 aliphatic rings. The molecule has 3 aromatic carbocycles. The van der Waals surface area contributed by atoms with Gasteiger partial charge < -0.3 is 40.8 Å². The van der Waals surface area contributed by atoms with Crippen molar-refractivity contribution in [2.45, 2.75) is 25.1 Å². The number of nitrogens with one attached hydrogen (secondary N) is 3. The molecule has 0 saturated carbocycles. The highest BCUT2D eigenvalue weighted by atomic mass is 35.5. The van der Waals surface area contributed by atoms with Crippen LogP contribution in [0, 0.1) is 0 Å². The van der Waals surface area contributed by atoms with Crippen LogP contribution in [0.15, 0.2) is 66.9 Å². The third kappa shape index (κ3) is 8.45. The summed E-state index contributed by atoms with van der Waals surface area (Å²) in [4.78, 5) is 30.4. The van der Waals surface area contributed by atoms with E-state index in [1.165, 1.54) is 26.4 Å². The summed E-state index contributed by atoms with van der Waals surface area (Å²) in [5.74, 6) is 1.60. The predicted octanol–water partition coefficient (Wildman–Crippen LogP) is 6.17. The van der Waals surface area contributed by atoms with Crippen molar-refractivity contribution >= 4 is 52.3 Å². The van der Waals surface area contributed by atoms with Crippen LogP contribution >= 0.6 is 12.4 Å². The summed E-state index contributed by atoms with van der Waals surface area (Å²) >= 11 is 0. The molecule has 0 atom stereocenters. The minimum Gasteiger partial charge on any atom is -0.493 e. The van der Waals surface area contributed by atoms with Crippen molar-refractivity contribution < 1.29 is 37.0 Å². The number of nitrogens with zero attached hydrogens (tertiary/aromatic N) is 2. The molecule has 4 aromatic rings. The lowest BCUT2D eigenvalue weighted by Crippen LogP contribution is -2.46. The number of halogens is 4. The van der Waals surface area contributed by atoms with Gasteiger partial charge in [-0.25, -0.2) is 4.79 Å². The number of fused-ring (bicyclic) bond motifs is 1. The van der Waals surface area contributed by atoms with Crippen LogP contribution in [0.2, 0.25) is 0 Å². The number of ether oxygens (including phenoxy) is 3. The van der Waals surface area contributed by atoms with E-state index in [0.717, 1.165) is 6.07 Å². The first-order valence-corrected chi connectivity index (χ1v) is 14.4. The van der Waals surface area contributed by atoms with Crippen LogP contribution in [-0.4, -0.2) is 56.8 Å². The van der Waals surface area contributed by atoms with Crippen LogP contribution in [-0.2, 0) is 11.0 Å². The van der Waals surface area contributed by atoms with Gasteiger partial charge in [-0.15, -0.1) is 12.4 Å². The number of methoxy groups -OCH3 is 2. The van der Waals surface area contributed by atoms with Crippen LogP contribution in [0.5, 0.6) is 23.0 Å². The second kappa shape index (κ2) is 15.1. The Morgan fingerprint density at radius 1 is 0.936 bits per heavy atom. The summed E-state index contributed by atoms with van der Waals surface area (Å²) < 4.78 is 59.2. The lowest BCUT2D eigenvalue weighted by atomic mass is 10.0. The zero-order valence-corrected chi connectivity index (χ0v) is 26.3. The number of carbonyl (C=O) groups is 2. The fourth-order valence-electron chi connectivity index (χ4n) is 5.26. The van der Waals surface area contributed by atoms with E-state index in [1.807, 2.05) is 0 Å². The van der Waals surface area contributed by atoms with Crippen LogP contribution in [0.4, 0.5) is 35.0 Å². The highest BCUT2D eigenvalue weighted by Crippen LogP contribution is 2.40. The molecule has 0 radical (unpaired) electrons. The van der Waals surface area contributed by atoms with Gasteiger partial charge in [0.15, 0.2) is 11.5 Å². The van der Waals surface area contributed by atoms with E-state index in [1.54, 1.807) is 53.6 Å². The van der Waals surface area contributed by atoms with Gasteiger partial charge in [0.1, 0.15) is 11.5 Å². The van der Waals surface area contributed by atoms with Crippen LogP contribution < -0.4 is 40.8 Å². The van der Waals surface area contributed by atoms with Gasteiger partial charge in [0.2, 0.25) is 5.91 Å². The van der Waals surface area contributed by atoms with E-state index in [9.17, 15) is 22.8 Å². The minimum absolute atomic E-state index is 0. The van der Waals surface area contributed by atoms with Gasteiger partial charge in [0.05, 0.1) is 31.8 Å². The Labute approximate surface area is 275 Å². The quantitative estimate of drug-likeness (QED) is 0.165. The molecular weight excluding hydrogens is 641 g/mol. The minimum atomic E-state index is -4.66. The van der Waals surface area contributed by atoms with E-state index < -0.39 is 17.8 Å². The molecule has 15 heteroatoms. The molecule has 2 heterocycles. The summed E-state index contributed by atoms with van der Waals surface area (Å²) in [7, 11) is 3.05. The SMILES string of the molecule is COc1cc2nccc(Oc3cccc(NC(=O)Nc4ccc(N5CCC(NC(=O)CN)CC5)c(C(F)(F)F)c4)c3)c2cc1OC.Cl. The number of hydrogen-bond acceptors (Lipinski definition) is 8. The maximum atomic E-state index is 14.1. The summed E-state index contributed by atoms with van der Waals surface area (Å²) in [6.45, 7) is 0.498. The zero-order valence-electron chi connectivity index (χ0n) is 25.5. The van der Waals surface area contributed by atoms with E-state index in [2.05, 4.69) is 20.9 Å². The van der Waals surface area contributed by atoms with Crippen LogP contribution in [0.1, 0.15) is 18.4 Å². The number of hydrogen-bond donors (Lipinski definition) is 4. The number of nitrogens with two attached hydrogens (primary N) is 1. The number of urea groups is 1. The van der Waals surface area contributed by atoms with E-state index in [0.29, 0.717) is 65.5 Å². The molecule has 0 bridgehead atoms. The molecule has 250 valence electrons. The van der Waals surface area contributed by atoms with Crippen LogP contribution in [0.25, 0.3) is 10.9 Å². The molecule has 3 amide bonds. The number of carbonyl (C=O) groups excluding carboxylic acids is 2. The summed E-state index contributed by atoms with van der Waals surface area (Å²) in [6.07, 6.45) is -2.11. The van der Waals surface area contributed by atoms with E-state index in [-0.39, 0.29) is 42.3 Å². The average Bonchev–Trinajstić information content (AvgIpc) is 3.04. The average molecular weight is 675 g/mol. The molecule has 0 unspecified atom stereocenters. The smallest absolute Gasteiger partial charge is 0.418 e. The zero-order chi connectivity index (χ0) is 32.8. The largest absolute Gasteiger partial charge is 0.493 e. The Morgan fingerprint density at radius 2 is 1.62 bits per heavy atom. The number of benzene rings is 3. The first-order chi connectivity index (χ1) is 22.1. The molecule has 0 spiro atoms. The summed E-state index contributed by atoms with van der Waals surface area (Å²) in [5.41, 5.74) is 5.41. The van der Waals surface area contributed by atoms with Crippen LogP contribution in [0.3, 0.4) is 0 Å². The van der Waals surface area contributed by atoms with Crippen molar-refractivity contribution in [3.05, 3.63) is 72.4 Å². The molecule has 0 aliphatic carbocycles. The van der Waals surface area contributed by atoms with Gasteiger partial charge in [-0.1, -0.05) is 6.07 Å². The molecule has 1 fully saturated rings. The third-order valence-electron chi connectivity index (χ3n) is 7.47. The first kappa shape index (κ1) is 34.9. The maximum Gasteiger partial charge on any atom is 0.418 e. The number of pyridine rings is 1. The van der Waals surface area contributed by atoms with Gasteiger partial charge in [0, 0.05) is 59.9 Å². The second-order valence-corrected chi connectivity index (χ2v) is 10.5. The lowest BCUT2D eigenvalue weighted by molar-refractivity contribution is -0.137. The Balaban J connectivity index is 0.00000500. The summed E-state index contributed by atoms with van der Waals surface area (Å²) in [5, 5.41) is 8.57. The fourth-order valence-corrected chi connectivity index (χ4v) is 5.26. The molecule has 5 rings (SSSR count). The highest BCUT2D eigenvalue weighted by Gasteiger charge is 2.36. The highest BCUT2D eigenvalue weighted by molar-refractivity contribution is 6.00. The second-order valence-electron chi connectivity index (χ2n) is 10.5. The Hall–Kier alpha value is -4.95. The Bertz CT molecular complexity index is 1730. The standard InChI is InChI=1S/C32H33F3N6O5.ClH/c1-44-28-16-23-25(17-29(28)45-2)37-11-8-27(23)46-22-5-3-4-20(14-22)39-31(43)40-21-6-7-26(24(15-21)32(33,34)35)41-12-9-19(10-13-41)38-30(42)18-36;/h3-8,11,14-17,19H,9-10,12-13,18,36H2,1-2H3,(H,38,42)(H2,39,40,43);1H. The normalized spacial score (nSPS) is 13.4. The molecule has 1 saturated heterocycles. The monoisotopic (exact) mass is 674 g/mol. The van der Waals surface area contributed by atoms with Gasteiger partial charge >= 0.3 is 12.2 Å². The van der Waals surface area contributed by atoms with Gasteiger partial charge in [-0.2, -0.15) is 13.2 Å². The topological polar surface area (TPSA) is 140 Å². The van der Waals surface area contributed by atoms with Crippen molar-refractivity contribution in [3.63, 3.8) is 0 Å². The number of aromatic nitrogens is 1. The first-order valence-electron chi connectivity index (χ1n) is 14.4. The van der Waals surface area contributed by atoms with Gasteiger partial charge in [0.25, 0.3) is 0 Å². The number of rotatable bonds is 9. The van der Waals surface area contributed by atoms with Crippen molar-refractivity contribution in [2.75, 3.05) is 49.4 Å². The third-order valence-corrected chi connectivity index (χ3v) is 7.47. The van der Waals surface area contributed by atoms with Crippen molar-refractivity contribution in [3.8, 4) is 23.0 Å². The van der Waals surface area contributed by atoms with Gasteiger partial charge in [-0.05, 0) is 55.3 Å². The van der Waals surface area contributed by atoms with E-state index in [4.69, 9.17) is 19.9 Å². The van der Waals surface area contributed by atoms with E-state index >= 15 is 0 Å². The predicted molar refractivity (Wildman–Crippen MR) is 175 cm³/mol. The van der Waals surface area contributed by atoms with Crippen molar-refractivity contribution in [1.82, 2.24) is 10.3 Å². The Kier molecular flexibility index (Phi) is 11.2. The number of alkyl halides is 3. The number of amides is 3. The summed E-state index contributed by atoms with van der Waals surface area (Å²) in [6, 6.07) is 14.5. The molecule has 5 N–H and O–H groups in total. The molecule has 47 heavy (non-hydrogen) atoms. The number of piperidine rings is 1. The fraction of sp³-hybridized carbons (Fsp3) is 0.281. The molecular formula is C32H34ClF3N6O5. The van der Waals surface area contributed by atoms with Crippen molar-refractivity contribution in [2.24, 2.45) is 5.73 Å². The van der Waals surface area contributed by atoms with Crippen molar-refractivity contribution in [1.29, 1.82) is 0 Å². The number of anilines is 3. The molecule has 1 aromatic heterocycles. The maximum absolute atomic E-state index is 14.1. The molecule has 1 aliphatic heterocycles. The van der Waals surface area contributed by atoms with Gasteiger partial charge in [-0.3, -0.25) is 9.78 Å². The molecule has 11 nitrogen and oxygen atoms in total.